The Bertz CT molecular complexity index is 1460. The number of halogens is 2. The summed E-state index contributed by atoms with van der Waals surface area (Å²) in [5.74, 6) is 1.04. The molecule has 0 aliphatic rings. The van der Waals surface area contributed by atoms with Gasteiger partial charge in [-0.25, -0.2) is 13.9 Å². The van der Waals surface area contributed by atoms with Gasteiger partial charge < -0.3 is 13.9 Å². The quantitative estimate of drug-likeness (QED) is 0.140. The molecule has 0 N–H and O–H groups in total. The summed E-state index contributed by atoms with van der Waals surface area (Å²) >= 11 is 6.34. The Morgan fingerprint density at radius 2 is 2.00 bits per heavy atom. The zero-order chi connectivity index (χ0) is 25.7. The molecule has 7 nitrogen and oxygen atoms in total. The van der Waals surface area contributed by atoms with E-state index in [1.54, 1.807) is 42.2 Å². The maximum atomic E-state index is 13.5. The van der Waals surface area contributed by atoms with Crippen LogP contribution in [0, 0.1) is 19.7 Å². The molecular formula is C27H27ClFN3O4. The molecule has 36 heavy (non-hydrogen) atoms. The van der Waals surface area contributed by atoms with E-state index in [0.29, 0.717) is 41.1 Å². The Labute approximate surface area is 213 Å². The van der Waals surface area contributed by atoms with Gasteiger partial charge in [-0.2, -0.15) is 5.10 Å². The van der Waals surface area contributed by atoms with E-state index in [4.69, 9.17) is 25.5 Å². The standard InChI is InChI=1S/C27H27ClFN3O4/c1-17-12-26(33)36-24-15-25(23(28)14-21(17)24)34-11-6-4-5-10-30-16-22-18(2)31-32(3)27(22)35-20-9-7-8-19(29)13-20/h7-9,12-16H,4-6,10-11H2,1-3H3. The summed E-state index contributed by atoms with van der Waals surface area (Å²) in [6, 6.07) is 10.8. The van der Waals surface area contributed by atoms with Gasteiger partial charge in [0.1, 0.15) is 22.9 Å². The van der Waals surface area contributed by atoms with Crippen LogP contribution in [0.15, 0.2) is 56.7 Å². The smallest absolute Gasteiger partial charge is 0.336 e. The van der Waals surface area contributed by atoms with Crippen molar-refractivity contribution in [3.8, 4) is 17.4 Å². The molecule has 4 aromatic rings. The largest absolute Gasteiger partial charge is 0.492 e. The number of benzene rings is 2. The number of aromatic nitrogens is 2. The van der Waals surface area contributed by atoms with Gasteiger partial charge in [-0.3, -0.25) is 4.99 Å². The number of aliphatic imine (C=N–C) groups is 1. The number of aryl methyl sites for hydroxylation is 3. The summed E-state index contributed by atoms with van der Waals surface area (Å²) in [6.07, 6.45) is 4.35. The van der Waals surface area contributed by atoms with Crippen molar-refractivity contribution in [2.45, 2.75) is 33.1 Å². The molecule has 0 spiro atoms. The van der Waals surface area contributed by atoms with Crippen molar-refractivity contribution in [1.82, 2.24) is 9.78 Å². The lowest BCUT2D eigenvalue weighted by atomic mass is 10.1. The molecule has 0 atom stereocenters. The van der Waals surface area contributed by atoms with E-state index in [2.05, 4.69) is 10.1 Å². The Hall–Kier alpha value is -3.65. The number of unbranched alkanes of at least 4 members (excludes halogenated alkanes) is 2. The highest BCUT2D eigenvalue weighted by molar-refractivity contribution is 6.32. The molecule has 0 unspecified atom stereocenters. The Morgan fingerprint density at radius 3 is 2.81 bits per heavy atom. The third kappa shape index (κ3) is 6.12. The molecule has 4 rings (SSSR count). The summed E-state index contributed by atoms with van der Waals surface area (Å²) < 4.78 is 32.0. The molecule has 0 saturated carbocycles. The highest BCUT2D eigenvalue weighted by Gasteiger charge is 2.14. The number of ether oxygens (including phenoxy) is 2. The summed E-state index contributed by atoms with van der Waals surface area (Å²) in [7, 11) is 1.77. The maximum absolute atomic E-state index is 13.5. The molecule has 188 valence electrons. The lowest BCUT2D eigenvalue weighted by Crippen LogP contribution is -2.01. The van der Waals surface area contributed by atoms with Gasteiger partial charge in [-0.15, -0.1) is 0 Å². The highest BCUT2D eigenvalue weighted by Crippen LogP contribution is 2.31. The first-order valence-electron chi connectivity index (χ1n) is 11.7. The van der Waals surface area contributed by atoms with E-state index in [1.165, 1.54) is 18.2 Å². The van der Waals surface area contributed by atoms with E-state index in [-0.39, 0.29) is 5.82 Å². The van der Waals surface area contributed by atoms with Gasteiger partial charge in [0.05, 0.1) is 22.9 Å². The zero-order valence-electron chi connectivity index (χ0n) is 20.4. The van der Waals surface area contributed by atoms with E-state index >= 15 is 0 Å². The molecule has 0 radical (unpaired) electrons. The van der Waals surface area contributed by atoms with Gasteiger partial charge >= 0.3 is 5.63 Å². The Balaban J connectivity index is 1.26. The van der Waals surface area contributed by atoms with Gasteiger partial charge in [0.2, 0.25) is 5.88 Å². The van der Waals surface area contributed by atoms with Crippen LogP contribution < -0.4 is 15.1 Å². The van der Waals surface area contributed by atoms with Gasteiger partial charge in [0.15, 0.2) is 0 Å². The third-order valence-corrected chi connectivity index (χ3v) is 5.93. The summed E-state index contributed by atoms with van der Waals surface area (Å²) in [5, 5.41) is 5.66. The second-order valence-corrected chi connectivity index (χ2v) is 8.87. The van der Waals surface area contributed by atoms with Crippen LogP contribution in [0.4, 0.5) is 4.39 Å². The SMILES string of the molecule is Cc1nn(C)c(Oc2cccc(F)c2)c1C=NCCCCCOc1cc2oc(=O)cc(C)c2cc1Cl. The van der Waals surface area contributed by atoms with Crippen LogP contribution in [-0.4, -0.2) is 29.1 Å². The van der Waals surface area contributed by atoms with Crippen LogP contribution >= 0.6 is 11.6 Å². The van der Waals surface area contributed by atoms with Crippen LogP contribution in [0.1, 0.15) is 36.1 Å². The molecule has 0 bridgehead atoms. The van der Waals surface area contributed by atoms with Crippen LogP contribution in [0.5, 0.6) is 17.4 Å². The number of fused-ring (bicyclic) bond motifs is 1. The molecule has 0 saturated heterocycles. The van der Waals surface area contributed by atoms with Crippen molar-refractivity contribution >= 4 is 28.8 Å². The lowest BCUT2D eigenvalue weighted by molar-refractivity contribution is 0.306. The molecule has 0 fully saturated rings. The van der Waals surface area contributed by atoms with E-state index in [1.807, 2.05) is 13.8 Å². The van der Waals surface area contributed by atoms with Gasteiger partial charge in [0.25, 0.3) is 0 Å². The van der Waals surface area contributed by atoms with Crippen molar-refractivity contribution in [3.63, 3.8) is 0 Å². The Morgan fingerprint density at radius 1 is 1.17 bits per heavy atom. The summed E-state index contributed by atoms with van der Waals surface area (Å²) in [4.78, 5) is 16.2. The van der Waals surface area contributed by atoms with Crippen molar-refractivity contribution < 1.29 is 18.3 Å². The summed E-state index contributed by atoms with van der Waals surface area (Å²) in [6.45, 7) is 4.83. The molecule has 0 aliphatic carbocycles. The van der Waals surface area contributed by atoms with Crippen molar-refractivity contribution in [1.29, 1.82) is 0 Å². The third-order valence-electron chi connectivity index (χ3n) is 5.64. The second kappa shape index (κ2) is 11.4. The van der Waals surface area contributed by atoms with Crippen LogP contribution in [0.3, 0.4) is 0 Å². The second-order valence-electron chi connectivity index (χ2n) is 8.46. The van der Waals surface area contributed by atoms with E-state index in [0.717, 1.165) is 41.5 Å². The average molecular weight is 512 g/mol. The molecule has 0 aliphatic heterocycles. The van der Waals surface area contributed by atoms with Crippen LogP contribution in [0.25, 0.3) is 11.0 Å². The first-order chi connectivity index (χ1) is 17.3. The zero-order valence-corrected chi connectivity index (χ0v) is 21.1. The fourth-order valence-electron chi connectivity index (χ4n) is 3.82. The molecule has 2 aromatic heterocycles. The first kappa shape index (κ1) is 25.4. The minimum Gasteiger partial charge on any atom is -0.492 e. The van der Waals surface area contributed by atoms with E-state index < -0.39 is 5.63 Å². The topological polar surface area (TPSA) is 78.8 Å². The first-order valence-corrected chi connectivity index (χ1v) is 12.0. The number of rotatable bonds is 10. The molecule has 2 aromatic carbocycles. The monoisotopic (exact) mass is 511 g/mol. The Kier molecular flexibility index (Phi) is 8.05. The van der Waals surface area contributed by atoms with Crippen molar-refractivity contribution in [2.75, 3.05) is 13.2 Å². The number of nitrogens with zero attached hydrogens (tertiary/aromatic N) is 3. The van der Waals surface area contributed by atoms with E-state index in [9.17, 15) is 9.18 Å². The minimum atomic E-state index is -0.400. The number of hydrogen-bond donors (Lipinski definition) is 0. The molecule has 9 heteroatoms. The molecule has 2 heterocycles. The molecule has 0 amide bonds. The maximum Gasteiger partial charge on any atom is 0.336 e. The van der Waals surface area contributed by atoms with Gasteiger partial charge in [-0.05, 0) is 56.9 Å². The van der Waals surface area contributed by atoms with Crippen LogP contribution in [0.2, 0.25) is 5.02 Å². The predicted octanol–water partition coefficient (Wildman–Crippen LogP) is 6.40. The highest BCUT2D eigenvalue weighted by atomic mass is 35.5. The van der Waals surface area contributed by atoms with Gasteiger partial charge in [0, 0.05) is 43.4 Å². The molecular weight excluding hydrogens is 485 g/mol. The van der Waals surface area contributed by atoms with Crippen molar-refractivity contribution in [2.24, 2.45) is 12.0 Å². The normalized spacial score (nSPS) is 11.5. The average Bonchev–Trinajstić information content (AvgIpc) is 3.08. The predicted molar refractivity (Wildman–Crippen MR) is 138 cm³/mol. The lowest BCUT2D eigenvalue weighted by Gasteiger charge is -2.09. The van der Waals surface area contributed by atoms with Crippen molar-refractivity contribution in [3.05, 3.63) is 80.5 Å². The summed E-state index contributed by atoms with van der Waals surface area (Å²) in [5.41, 5.74) is 2.41. The fraction of sp³-hybridized carbons (Fsp3) is 0.296. The van der Waals surface area contributed by atoms with Crippen LogP contribution in [-0.2, 0) is 7.05 Å². The minimum absolute atomic E-state index is 0.366. The fourth-order valence-corrected chi connectivity index (χ4v) is 4.03. The number of hydrogen-bond acceptors (Lipinski definition) is 6. The van der Waals surface area contributed by atoms with Gasteiger partial charge in [-0.1, -0.05) is 17.7 Å².